The fourth-order valence-corrected chi connectivity index (χ4v) is 3.94. The summed E-state index contributed by atoms with van der Waals surface area (Å²) in [6.07, 6.45) is 4.54. The second-order valence-electron chi connectivity index (χ2n) is 5.03. The van der Waals surface area contributed by atoms with Crippen LogP contribution in [-0.2, 0) is 29.4 Å². The van der Waals surface area contributed by atoms with Crippen LogP contribution in [0, 0.1) is 0 Å². The Bertz CT molecular complexity index is 674. The molecule has 2 aromatic rings. The highest BCUT2D eigenvalue weighted by Gasteiger charge is 2.31. The van der Waals surface area contributed by atoms with Crippen molar-refractivity contribution >= 4 is 10.0 Å². The number of nitrogens with zero attached hydrogens (tertiary/aromatic N) is 1. The van der Waals surface area contributed by atoms with Gasteiger partial charge in [0, 0.05) is 18.9 Å². The topological polar surface area (TPSA) is 59.1 Å². The highest BCUT2D eigenvalue weighted by Crippen LogP contribution is 2.25. The first kappa shape index (κ1) is 13.3. The van der Waals surface area contributed by atoms with Gasteiger partial charge in [0.05, 0.1) is 5.25 Å². The van der Waals surface area contributed by atoms with E-state index in [9.17, 15) is 8.42 Å². The maximum atomic E-state index is 12.3. The summed E-state index contributed by atoms with van der Waals surface area (Å²) in [6, 6.07) is 11.6. The molecular weight excluding hydrogens is 272 g/mol. The van der Waals surface area contributed by atoms with E-state index in [1.54, 1.807) is 18.5 Å². The van der Waals surface area contributed by atoms with Crippen LogP contribution < -0.4 is 4.72 Å². The van der Waals surface area contributed by atoms with E-state index in [-0.39, 0.29) is 5.25 Å². The predicted molar refractivity (Wildman–Crippen MR) is 77.6 cm³/mol. The van der Waals surface area contributed by atoms with Gasteiger partial charge in [0.1, 0.15) is 0 Å². The molecule has 3 rings (SSSR count). The van der Waals surface area contributed by atoms with Gasteiger partial charge in [-0.15, -0.1) is 0 Å². The lowest BCUT2D eigenvalue weighted by Crippen LogP contribution is -2.34. The lowest BCUT2D eigenvalue weighted by molar-refractivity contribution is 0.565. The summed E-state index contributed by atoms with van der Waals surface area (Å²) in [4.78, 5) is 3.98. The first-order valence-electron chi connectivity index (χ1n) is 6.59. The minimum absolute atomic E-state index is 0.295. The Kier molecular flexibility index (Phi) is 3.54. The number of fused-ring (bicyclic) bond motifs is 1. The third-order valence-electron chi connectivity index (χ3n) is 3.65. The second-order valence-corrected chi connectivity index (χ2v) is 7.07. The largest absolute Gasteiger partial charge is 0.264 e. The summed E-state index contributed by atoms with van der Waals surface area (Å²) in [6.45, 7) is 0.295. The molecule has 0 spiro atoms. The molecule has 5 heteroatoms. The summed E-state index contributed by atoms with van der Waals surface area (Å²) in [5, 5.41) is -0.364. The summed E-state index contributed by atoms with van der Waals surface area (Å²) in [7, 11) is -3.30. The predicted octanol–water partition coefficient (Wildman–Crippen LogP) is 1.67. The van der Waals surface area contributed by atoms with Crippen LogP contribution in [0.2, 0.25) is 0 Å². The van der Waals surface area contributed by atoms with Gasteiger partial charge >= 0.3 is 0 Å². The molecule has 1 aliphatic carbocycles. The van der Waals surface area contributed by atoms with Crippen LogP contribution in [0.3, 0.4) is 0 Å². The molecular formula is C15H16N2O2S. The van der Waals surface area contributed by atoms with Gasteiger partial charge in [-0.2, -0.15) is 0 Å². The van der Waals surface area contributed by atoms with Gasteiger partial charge in [0.2, 0.25) is 10.0 Å². The highest BCUT2D eigenvalue weighted by atomic mass is 32.2. The van der Waals surface area contributed by atoms with E-state index >= 15 is 0 Å². The lowest BCUT2D eigenvalue weighted by Gasteiger charge is -2.12. The molecule has 1 heterocycles. The second kappa shape index (κ2) is 5.34. The van der Waals surface area contributed by atoms with Crippen molar-refractivity contribution in [1.82, 2.24) is 9.71 Å². The quantitative estimate of drug-likeness (QED) is 0.931. The van der Waals surface area contributed by atoms with Crippen LogP contribution in [0.5, 0.6) is 0 Å². The normalized spacial score (nSPS) is 15.2. The minimum Gasteiger partial charge on any atom is -0.264 e. The number of sulfonamides is 1. The zero-order valence-corrected chi connectivity index (χ0v) is 11.8. The number of hydrogen-bond donors (Lipinski definition) is 1. The Labute approximate surface area is 118 Å². The van der Waals surface area contributed by atoms with Gasteiger partial charge in [-0.05, 0) is 35.6 Å². The van der Waals surface area contributed by atoms with Gasteiger partial charge < -0.3 is 0 Å². The zero-order chi connectivity index (χ0) is 14.0. The smallest absolute Gasteiger partial charge is 0.215 e. The van der Waals surface area contributed by atoms with Crippen molar-refractivity contribution in [2.24, 2.45) is 0 Å². The molecule has 1 N–H and O–H groups in total. The summed E-state index contributed by atoms with van der Waals surface area (Å²) < 4.78 is 27.4. The van der Waals surface area contributed by atoms with E-state index in [0.717, 1.165) is 16.7 Å². The number of pyridine rings is 1. The molecule has 0 amide bonds. The summed E-state index contributed by atoms with van der Waals surface area (Å²) >= 11 is 0. The minimum atomic E-state index is -3.30. The maximum Gasteiger partial charge on any atom is 0.215 e. The number of aromatic nitrogens is 1. The van der Waals surface area contributed by atoms with Crippen LogP contribution in [0.4, 0.5) is 0 Å². The number of rotatable bonds is 4. The zero-order valence-electron chi connectivity index (χ0n) is 11.0. The van der Waals surface area contributed by atoms with Crippen molar-refractivity contribution in [3.8, 4) is 0 Å². The molecule has 0 saturated carbocycles. The Morgan fingerprint density at radius 2 is 1.80 bits per heavy atom. The fourth-order valence-electron chi connectivity index (χ4n) is 2.54. The Hall–Kier alpha value is -1.72. The molecule has 0 unspecified atom stereocenters. The van der Waals surface area contributed by atoms with E-state index < -0.39 is 10.0 Å². The highest BCUT2D eigenvalue weighted by molar-refractivity contribution is 7.90. The third-order valence-corrected chi connectivity index (χ3v) is 5.41. The lowest BCUT2D eigenvalue weighted by atomic mass is 10.1. The monoisotopic (exact) mass is 288 g/mol. The number of benzene rings is 1. The van der Waals surface area contributed by atoms with Crippen LogP contribution in [-0.4, -0.2) is 18.7 Å². The van der Waals surface area contributed by atoms with Crippen molar-refractivity contribution in [3.05, 3.63) is 65.5 Å². The van der Waals surface area contributed by atoms with Gasteiger partial charge in [-0.3, -0.25) is 4.98 Å². The van der Waals surface area contributed by atoms with E-state index in [1.165, 1.54) is 0 Å². The molecule has 0 radical (unpaired) electrons. The first-order valence-corrected chi connectivity index (χ1v) is 8.14. The average Bonchev–Trinajstić information content (AvgIpc) is 2.91. The van der Waals surface area contributed by atoms with E-state index in [2.05, 4.69) is 9.71 Å². The van der Waals surface area contributed by atoms with Crippen LogP contribution in [0.15, 0.2) is 48.8 Å². The molecule has 1 aromatic carbocycles. The molecule has 1 aliphatic rings. The summed E-state index contributed by atoms with van der Waals surface area (Å²) in [5.74, 6) is 0. The molecule has 104 valence electrons. The third kappa shape index (κ3) is 2.73. The van der Waals surface area contributed by atoms with Crippen molar-refractivity contribution in [1.29, 1.82) is 0 Å². The molecule has 0 atom stereocenters. The van der Waals surface area contributed by atoms with Crippen LogP contribution in [0.1, 0.15) is 16.7 Å². The average molecular weight is 288 g/mol. The molecule has 4 nitrogen and oxygen atoms in total. The van der Waals surface area contributed by atoms with E-state index in [1.807, 2.05) is 30.3 Å². The number of hydrogen-bond acceptors (Lipinski definition) is 3. The Balaban J connectivity index is 1.68. The molecule has 0 saturated heterocycles. The molecule has 1 aromatic heterocycles. The van der Waals surface area contributed by atoms with Crippen LogP contribution >= 0.6 is 0 Å². The van der Waals surface area contributed by atoms with Gasteiger partial charge in [-0.1, -0.05) is 30.3 Å². The standard InChI is InChI=1S/C15H16N2O2S/c18-20(19,17-11-12-4-3-7-16-10-12)15-8-13-5-1-2-6-14(13)9-15/h1-7,10,15,17H,8-9,11H2. The van der Waals surface area contributed by atoms with E-state index in [0.29, 0.717) is 19.4 Å². The Morgan fingerprint density at radius 3 is 2.40 bits per heavy atom. The van der Waals surface area contributed by atoms with Gasteiger partial charge in [-0.25, -0.2) is 13.1 Å². The summed E-state index contributed by atoms with van der Waals surface area (Å²) in [5.41, 5.74) is 3.15. The van der Waals surface area contributed by atoms with Crippen LogP contribution in [0.25, 0.3) is 0 Å². The first-order chi connectivity index (χ1) is 9.65. The molecule has 0 bridgehead atoms. The van der Waals surface area contributed by atoms with Crippen molar-refractivity contribution < 1.29 is 8.42 Å². The molecule has 0 fully saturated rings. The number of nitrogens with one attached hydrogen (secondary N) is 1. The van der Waals surface area contributed by atoms with Crippen molar-refractivity contribution in [3.63, 3.8) is 0 Å². The Morgan fingerprint density at radius 1 is 1.10 bits per heavy atom. The molecule has 20 heavy (non-hydrogen) atoms. The van der Waals surface area contributed by atoms with Gasteiger partial charge in [0.25, 0.3) is 0 Å². The fraction of sp³-hybridized carbons (Fsp3) is 0.267. The van der Waals surface area contributed by atoms with Crippen molar-refractivity contribution in [2.45, 2.75) is 24.6 Å². The van der Waals surface area contributed by atoms with Gasteiger partial charge in [0.15, 0.2) is 0 Å². The van der Waals surface area contributed by atoms with Crippen molar-refractivity contribution in [2.75, 3.05) is 0 Å². The maximum absolute atomic E-state index is 12.3. The SMILES string of the molecule is O=S(=O)(NCc1cccnc1)C1Cc2ccccc2C1. The van der Waals surface area contributed by atoms with E-state index in [4.69, 9.17) is 0 Å². The molecule has 0 aliphatic heterocycles.